The van der Waals surface area contributed by atoms with Crippen LogP contribution in [0, 0.1) is 0 Å². The van der Waals surface area contributed by atoms with E-state index in [1.54, 1.807) is 36.4 Å². The quantitative estimate of drug-likeness (QED) is 0.393. The summed E-state index contributed by atoms with van der Waals surface area (Å²) < 4.78 is 0. The molecular weight excluding hydrogens is 416 g/mol. The monoisotopic (exact) mass is 438 g/mol. The number of anilines is 1. The van der Waals surface area contributed by atoms with Gasteiger partial charge in [0.25, 0.3) is 11.5 Å². The summed E-state index contributed by atoms with van der Waals surface area (Å²) in [6.07, 6.45) is 0.790. The first kappa shape index (κ1) is 22.5. The van der Waals surface area contributed by atoms with E-state index in [1.807, 2.05) is 18.0 Å². The summed E-state index contributed by atoms with van der Waals surface area (Å²) in [4.78, 5) is 54.9. The molecule has 0 bridgehead atoms. The number of hydrogen-bond donors (Lipinski definition) is 4. The van der Waals surface area contributed by atoms with E-state index >= 15 is 0 Å². The smallest absolute Gasteiger partial charge is 0.326 e. The molecule has 1 atom stereocenters. The molecule has 2 aromatic carbocycles. The van der Waals surface area contributed by atoms with Crippen molar-refractivity contribution in [2.75, 3.05) is 11.9 Å². The van der Waals surface area contributed by atoms with Crippen LogP contribution in [0.5, 0.6) is 0 Å². The van der Waals surface area contributed by atoms with Gasteiger partial charge in [-0.3, -0.25) is 14.4 Å². The van der Waals surface area contributed by atoms with E-state index in [0.29, 0.717) is 17.4 Å². The topological polar surface area (TPSA) is 153 Å². The molecule has 10 heteroatoms. The van der Waals surface area contributed by atoms with Crippen LogP contribution in [0.2, 0.25) is 0 Å². The summed E-state index contributed by atoms with van der Waals surface area (Å²) in [6.45, 7) is 0.506. The van der Waals surface area contributed by atoms with Crippen molar-refractivity contribution in [3.05, 3.63) is 70.3 Å². The van der Waals surface area contributed by atoms with Crippen LogP contribution in [0.15, 0.2) is 53.6 Å². The molecule has 0 spiro atoms. The summed E-state index contributed by atoms with van der Waals surface area (Å²) in [6, 6.07) is 10.7. The summed E-state index contributed by atoms with van der Waals surface area (Å²) in [5.41, 5.74) is 2.37. The van der Waals surface area contributed by atoms with Crippen LogP contribution < -0.4 is 15.8 Å². The number of carbonyl (C=O) groups excluding carboxylic acids is 1. The number of nitrogens with one attached hydrogen (secondary N) is 2. The van der Waals surface area contributed by atoms with Crippen LogP contribution in [0.25, 0.3) is 10.9 Å². The Morgan fingerprint density at radius 1 is 1.12 bits per heavy atom. The highest BCUT2D eigenvalue weighted by atomic mass is 16.4. The molecule has 0 fully saturated rings. The molecule has 0 aliphatic heterocycles. The van der Waals surface area contributed by atoms with Gasteiger partial charge in [-0.2, -0.15) is 0 Å². The number of benzene rings is 2. The molecule has 4 N–H and O–H groups in total. The molecule has 0 unspecified atom stereocenters. The Bertz CT molecular complexity index is 1210. The molecule has 10 nitrogen and oxygen atoms in total. The zero-order valence-corrected chi connectivity index (χ0v) is 17.2. The standard InChI is InChI=1S/C22H22N4O6/c1-26(11-13-2-7-17-16(10-13)21(30)24-12-23-17)15-5-3-14(4-6-15)20(29)25-18(22(31)32)8-9-19(27)28/h2-7,10,12,18H,8-9,11H2,1H3,(H,25,29)(H,27,28)(H,31,32)(H,23,24,30)/t18-/m0/s1. The maximum atomic E-state index is 12.4. The maximum Gasteiger partial charge on any atom is 0.326 e. The van der Waals surface area contributed by atoms with E-state index in [-0.39, 0.29) is 24.0 Å². The van der Waals surface area contributed by atoms with Gasteiger partial charge in [0.2, 0.25) is 0 Å². The molecule has 166 valence electrons. The molecule has 0 saturated carbocycles. The zero-order valence-electron chi connectivity index (χ0n) is 17.2. The van der Waals surface area contributed by atoms with Gasteiger partial charge in [0.15, 0.2) is 0 Å². The number of carbonyl (C=O) groups is 3. The van der Waals surface area contributed by atoms with Crippen molar-refractivity contribution in [1.29, 1.82) is 0 Å². The minimum absolute atomic E-state index is 0.207. The van der Waals surface area contributed by atoms with Crippen LogP contribution in [0.3, 0.4) is 0 Å². The number of amides is 1. The van der Waals surface area contributed by atoms with Gasteiger partial charge in [0.1, 0.15) is 6.04 Å². The lowest BCUT2D eigenvalue weighted by Gasteiger charge is -2.20. The second-order valence-electron chi connectivity index (χ2n) is 7.28. The van der Waals surface area contributed by atoms with E-state index in [9.17, 15) is 24.3 Å². The minimum atomic E-state index is -1.29. The van der Waals surface area contributed by atoms with Crippen molar-refractivity contribution >= 4 is 34.4 Å². The number of H-pyrrole nitrogens is 1. The van der Waals surface area contributed by atoms with Gasteiger partial charge in [-0.05, 0) is 48.4 Å². The predicted octanol–water partition coefficient (Wildman–Crippen LogP) is 1.61. The normalized spacial score (nSPS) is 11.7. The number of aromatic amines is 1. The number of carboxylic acid groups (broad SMARTS) is 2. The number of fused-ring (bicyclic) bond motifs is 1. The molecule has 3 rings (SSSR count). The van der Waals surface area contributed by atoms with E-state index in [1.165, 1.54) is 6.33 Å². The molecule has 1 amide bonds. The summed E-state index contributed by atoms with van der Waals surface area (Å²) in [5.74, 6) is -3.02. The molecule has 3 aromatic rings. The maximum absolute atomic E-state index is 12.4. The SMILES string of the molecule is CN(Cc1ccc2nc[nH]c(=O)c2c1)c1ccc(C(=O)N[C@@H](CCC(=O)O)C(=O)O)cc1. The number of nitrogens with zero attached hydrogens (tertiary/aromatic N) is 2. The van der Waals surface area contributed by atoms with Gasteiger partial charge in [-0.25, -0.2) is 9.78 Å². The lowest BCUT2D eigenvalue weighted by atomic mass is 10.1. The van der Waals surface area contributed by atoms with Crippen LogP contribution in [0.4, 0.5) is 5.69 Å². The van der Waals surface area contributed by atoms with Crippen molar-refractivity contribution < 1.29 is 24.6 Å². The summed E-state index contributed by atoms with van der Waals surface area (Å²) >= 11 is 0. The minimum Gasteiger partial charge on any atom is -0.481 e. The number of aromatic nitrogens is 2. The van der Waals surface area contributed by atoms with Gasteiger partial charge in [0, 0.05) is 31.3 Å². The van der Waals surface area contributed by atoms with Crippen LogP contribution in [0.1, 0.15) is 28.8 Å². The largest absolute Gasteiger partial charge is 0.481 e. The Labute approximate surface area is 182 Å². The van der Waals surface area contributed by atoms with Gasteiger partial charge in [-0.1, -0.05) is 6.07 Å². The number of carboxylic acids is 2. The highest BCUT2D eigenvalue weighted by molar-refractivity contribution is 5.97. The Kier molecular flexibility index (Phi) is 6.83. The molecule has 0 radical (unpaired) electrons. The van der Waals surface area contributed by atoms with Crippen molar-refractivity contribution in [2.45, 2.75) is 25.4 Å². The molecule has 1 heterocycles. The fourth-order valence-electron chi connectivity index (χ4n) is 3.21. The van der Waals surface area contributed by atoms with E-state index < -0.39 is 23.9 Å². The summed E-state index contributed by atoms with van der Waals surface area (Å²) in [5, 5.41) is 20.7. The zero-order chi connectivity index (χ0) is 23.3. The predicted molar refractivity (Wildman–Crippen MR) is 117 cm³/mol. The Hall–Kier alpha value is -4.21. The molecule has 1 aromatic heterocycles. The number of aliphatic carboxylic acids is 2. The first-order chi connectivity index (χ1) is 15.2. The summed E-state index contributed by atoms with van der Waals surface area (Å²) in [7, 11) is 1.86. The number of hydrogen-bond acceptors (Lipinski definition) is 6. The molecule has 32 heavy (non-hydrogen) atoms. The third-order valence-corrected chi connectivity index (χ3v) is 4.95. The second-order valence-corrected chi connectivity index (χ2v) is 7.28. The molecular formula is C22H22N4O6. The van der Waals surface area contributed by atoms with Crippen LogP contribution in [-0.4, -0.2) is 51.1 Å². The van der Waals surface area contributed by atoms with Crippen molar-refractivity contribution in [1.82, 2.24) is 15.3 Å². The first-order valence-electron chi connectivity index (χ1n) is 9.77. The second kappa shape index (κ2) is 9.73. The van der Waals surface area contributed by atoms with Gasteiger partial charge in [-0.15, -0.1) is 0 Å². The van der Waals surface area contributed by atoms with Crippen molar-refractivity contribution in [3.63, 3.8) is 0 Å². The highest BCUT2D eigenvalue weighted by Crippen LogP contribution is 2.18. The number of rotatable bonds is 9. The lowest BCUT2D eigenvalue weighted by molar-refractivity contribution is -0.140. The van der Waals surface area contributed by atoms with Gasteiger partial charge < -0.3 is 25.4 Å². The van der Waals surface area contributed by atoms with Crippen LogP contribution in [-0.2, 0) is 16.1 Å². The average molecular weight is 438 g/mol. The average Bonchev–Trinajstić information content (AvgIpc) is 2.76. The third kappa shape index (κ3) is 5.48. The lowest BCUT2D eigenvalue weighted by Crippen LogP contribution is -2.41. The Morgan fingerprint density at radius 2 is 1.84 bits per heavy atom. The fourth-order valence-corrected chi connectivity index (χ4v) is 3.21. The van der Waals surface area contributed by atoms with Crippen LogP contribution >= 0.6 is 0 Å². The first-order valence-corrected chi connectivity index (χ1v) is 9.77. The highest BCUT2D eigenvalue weighted by Gasteiger charge is 2.21. The van der Waals surface area contributed by atoms with Crippen molar-refractivity contribution in [3.8, 4) is 0 Å². The fraction of sp³-hybridized carbons (Fsp3) is 0.227. The molecule has 0 aliphatic rings. The van der Waals surface area contributed by atoms with E-state index in [2.05, 4.69) is 15.3 Å². The van der Waals surface area contributed by atoms with E-state index in [4.69, 9.17) is 5.11 Å². The van der Waals surface area contributed by atoms with Gasteiger partial charge in [0.05, 0.1) is 17.2 Å². The molecule has 0 aliphatic carbocycles. The van der Waals surface area contributed by atoms with Gasteiger partial charge >= 0.3 is 11.9 Å². The molecule has 0 saturated heterocycles. The van der Waals surface area contributed by atoms with E-state index in [0.717, 1.165) is 11.3 Å². The van der Waals surface area contributed by atoms with Crippen molar-refractivity contribution in [2.24, 2.45) is 0 Å². The third-order valence-electron chi connectivity index (χ3n) is 4.95. The Morgan fingerprint density at radius 3 is 2.50 bits per heavy atom. The Balaban J connectivity index is 1.67.